The number of carbonyl (C=O) groups excluding carboxylic acids is 1. The molecule has 0 spiro atoms. The molecule has 1 rings (SSSR count). The van der Waals surface area contributed by atoms with Crippen LogP contribution in [0.5, 0.6) is 0 Å². The predicted octanol–water partition coefficient (Wildman–Crippen LogP) is 0.713. The lowest BCUT2D eigenvalue weighted by Crippen LogP contribution is -2.31. The summed E-state index contributed by atoms with van der Waals surface area (Å²) < 4.78 is 0. The lowest BCUT2D eigenvalue weighted by Gasteiger charge is -2.11. The second-order valence-corrected chi connectivity index (χ2v) is 3.66. The fourth-order valence-corrected chi connectivity index (χ4v) is 1.87. The molecule has 1 unspecified atom stereocenters. The van der Waals surface area contributed by atoms with Crippen LogP contribution in [0.4, 0.5) is 0 Å². The molecule has 1 aromatic heterocycles. The minimum atomic E-state index is -1.08. The van der Waals surface area contributed by atoms with Crippen LogP contribution in [-0.2, 0) is 9.59 Å². The van der Waals surface area contributed by atoms with E-state index in [9.17, 15) is 9.59 Å². The van der Waals surface area contributed by atoms with Crippen molar-refractivity contribution in [2.75, 3.05) is 0 Å². The summed E-state index contributed by atoms with van der Waals surface area (Å²) in [5, 5.41) is 11.2. The molecular weight excluding hydrogens is 204 g/mol. The summed E-state index contributed by atoms with van der Waals surface area (Å²) >= 11 is 1.22. The molecule has 1 heterocycles. The molecule has 0 aliphatic carbocycles. The lowest BCUT2D eigenvalue weighted by molar-refractivity contribution is -0.141. The van der Waals surface area contributed by atoms with Gasteiger partial charge in [-0.15, -0.1) is 11.3 Å². The first-order valence-corrected chi connectivity index (χ1v) is 4.80. The van der Waals surface area contributed by atoms with Gasteiger partial charge >= 0.3 is 5.97 Å². The van der Waals surface area contributed by atoms with Crippen molar-refractivity contribution >= 4 is 23.2 Å². The molecular formula is C8H10N2O3S. The number of aryl methyl sites for hydroxylation is 1. The van der Waals surface area contributed by atoms with Crippen molar-refractivity contribution in [1.29, 1.82) is 0 Å². The molecule has 0 saturated carbocycles. The van der Waals surface area contributed by atoms with Crippen LogP contribution >= 0.6 is 11.3 Å². The van der Waals surface area contributed by atoms with Crippen LogP contribution in [0.15, 0.2) is 5.51 Å². The Kier molecular flexibility index (Phi) is 3.19. The summed E-state index contributed by atoms with van der Waals surface area (Å²) in [5.74, 6) is -1.45. The Hall–Kier alpha value is -1.43. The van der Waals surface area contributed by atoms with Crippen molar-refractivity contribution in [3.8, 4) is 0 Å². The van der Waals surface area contributed by atoms with Gasteiger partial charge in [0.25, 0.3) is 0 Å². The van der Waals surface area contributed by atoms with Gasteiger partial charge in [-0.2, -0.15) is 0 Å². The van der Waals surface area contributed by atoms with Crippen molar-refractivity contribution in [2.24, 2.45) is 0 Å². The number of aromatic nitrogens is 1. The maximum Gasteiger partial charge on any atom is 0.331 e. The zero-order chi connectivity index (χ0) is 10.7. The van der Waals surface area contributed by atoms with E-state index in [-0.39, 0.29) is 5.91 Å². The molecule has 0 aromatic carbocycles. The minimum Gasteiger partial charge on any atom is -0.479 e. The van der Waals surface area contributed by atoms with E-state index in [0.29, 0.717) is 10.6 Å². The third-order valence-electron chi connectivity index (χ3n) is 1.64. The molecule has 6 heteroatoms. The molecule has 1 atom stereocenters. The van der Waals surface area contributed by atoms with Crippen LogP contribution < -0.4 is 5.32 Å². The van der Waals surface area contributed by atoms with Crippen molar-refractivity contribution < 1.29 is 14.7 Å². The van der Waals surface area contributed by atoms with Crippen LogP contribution in [0.25, 0.3) is 0 Å². The van der Waals surface area contributed by atoms with E-state index < -0.39 is 12.0 Å². The van der Waals surface area contributed by atoms with Crippen LogP contribution in [0.2, 0.25) is 0 Å². The number of nitrogens with zero attached hydrogens (tertiary/aromatic N) is 1. The normalized spacial score (nSPS) is 12.1. The van der Waals surface area contributed by atoms with Gasteiger partial charge in [0.1, 0.15) is 0 Å². The maximum absolute atomic E-state index is 10.8. The molecule has 76 valence electrons. The van der Waals surface area contributed by atoms with Gasteiger partial charge in [0.2, 0.25) is 5.91 Å². The number of hydrogen-bond acceptors (Lipinski definition) is 4. The standard InChI is InChI=1S/C8H10N2O3S/c1-4-7(14-3-9-4)6(8(12)13)10-5(2)11/h3,6H,1-2H3,(H,10,11)(H,12,13). The van der Waals surface area contributed by atoms with Gasteiger partial charge in [-0.1, -0.05) is 0 Å². The molecule has 0 saturated heterocycles. The van der Waals surface area contributed by atoms with Crippen LogP contribution in [0.3, 0.4) is 0 Å². The highest BCUT2D eigenvalue weighted by molar-refractivity contribution is 7.10. The van der Waals surface area contributed by atoms with E-state index in [4.69, 9.17) is 5.11 Å². The number of aliphatic carboxylic acids is 1. The highest BCUT2D eigenvalue weighted by Crippen LogP contribution is 2.21. The quantitative estimate of drug-likeness (QED) is 0.776. The maximum atomic E-state index is 10.8. The summed E-state index contributed by atoms with van der Waals surface area (Å²) in [6, 6.07) is -0.986. The molecule has 14 heavy (non-hydrogen) atoms. The van der Waals surface area contributed by atoms with E-state index >= 15 is 0 Å². The molecule has 1 amide bonds. The number of carboxylic acids is 1. The zero-order valence-electron chi connectivity index (χ0n) is 7.77. The van der Waals surface area contributed by atoms with Gasteiger partial charge in [0, 0.05) is 6.92 Å². The minimum absolute atomic E-state index is 0.370. The number of thiazole rings is 1. The summed E-state index contributed by atoms with van der Waals surface area (Å²) in [7, 11) is 0. The number of amides is 1. The molecule has 0 aliphatic heterocycles. The Balaban J connectivity index is 2.94. The van der Waals surface area contributed by atoms with Gasteiger partial charge in [-0.05, 0) is 6.92 Å². The van der Waals surface area contributed by atoms with E-state index in [1.54, 1.807) is 12.4 Å². The Labute approximate surface area is 84.8 Å². The SMILES string of the molecule is CC(=O)NC(C(=O)O)c1scnc1C. The van der Waals surface area contributed by atoms with E-state index in [1.165, 1.54) is 18.3 Å². The lowest BCUT2D eigenvalue weighted by atomic mass is 10.2. The first kappa shape index (κ1) is 10.6. The molecule has 0 radical (unpaired) electrons. The first-order valence-electron chi connectivity index (χ1n) is 3.92. The molecule has 0 aliphatic rings. The third-order valence-corrected chi connectivity index (χ3v) is 2.64. The van der Waals surface area contributed by atoms with Crippen molar-refractivity contribution in [1.82, 2.24) is 10.3 Å². The fourth-order valence-electron chi connectivity index (χ4n) is 1.03. The van der Waals surface area contributed by atoms with Gasteiger partial charge in [-0.25, -0.2) is 9.78 Å². The molecule has 1 aromatic rings. The highest BCUT2D eigenvalue weighted by Gasteiger charge is 2.24. The molecule has 0 bridgehead atoms. The number of hydrogen-bond donors (Lipinski definition) is 2. The van der Waals surface area contributed by atoms with Gasteiger partial charge in [-0.3, -0.25) is 4.79 Å². The smallest absolute Gasteiger partial charge is 0.331 e. The van der Waals surface area contributed by atoms with Gasteiger partial charge in [0.15, 0.2) is 6.04 Å². The predicted molar refractivity (Wildman–Crippen MR) is 51.0 cm³/mol. The number of rotatable bonds is 3. The molecule has 5 nitrogen and oxygen atoms in total. The third kappa shape index (κ3) is 2.29. The Morgan fingerprint density at radius 3 is 2.64 bits per heavy atom. The Morgan fingerprint density at radius 2 is 2.29 bits per heavy atom. The van der Waals surface area contributed by atoms with Crippen molar-refractivity contribution in [2.45, 2.75) is 19.9 Å². The average molecular weight is 214 g/mol. The van der Waals surface area contributed by atoms with E-state index in [1.807, 2.05) is 0 Å². The van der Waals surface area contributed by atoms with Crippen LogP contribution in [0.1, 0.15) is 23.5 Å². The van der Waals surface area contributed by atoms with Gasteiger partial charge < -0.3 is 10.4 Å². The monoisotopic (exact) mass is 214 g/mol. The highest BCUT2D eigenvalue weighted by atomic mass is 32.1. The number of carboxylic acid groups (broad SMARTS) is 1. The summed E-state index contributed by atoms with van der Waals surface area (Å²) in [4.78, 5) is 26.1. The summed E-state index contributed by atoms with van der Waals surface area (Å²) in [6.45, 7) is 3.00. The summed E-state index contributed by atoms with van der Waals surface area (Å²) in [6.07, 6.45) is 0. The van der Waals surface area contributed by atoms with Crippen molar-refractivity contribution in [3.63, 3.8) is 0 Å². The zero-order valence-corrected chi connectivity index (χ0v) is 8.59. The summed E-state index contributed by atoms with van der Waals surface area (Å²) in [5.41, 5.74) is 2.19. The van der Waals surface area contributed by atoms with E-state index in [2.05, 4.69) is 10.3 Å². The van der Waals surface area contributed by atoms with Gasteiger partial charge in [0.05, 0.1) is 16.1 Å². The number of nitrogens with one attached hydrogen (secondary N) is 1. The molecule has 0 fully saturated rings. The van der Waals surface area contributed by atoms with Crippen molar-refractivity contribution in [3.05, 3.63) is 16.1 Å². The Bertz CT molecular complexity index is 361. The van der Waals surface area contributed by atoms with E-state index in [0.717, 1.165) is 0 Å². The van der Waals surface area contributed by atoms with Crippen LogP contribution in [0, 0.1) is 6.92 Å². The fraction of sp³-hybridized carbons (Fsp3) is 0.375. The largest absolute Gasteiger partial charge is 0.479 e. The topological polar surface area (TPSA) is 79.3 Å². The number of carbonyl (C=O) groups is 2. The average Bonchev–Trinajstić information content (AvgIpc) is 2.46. The first-order chi connectivity index (χ1) is 6.52. The molecule has 2 N–H and O–H groups in total. The second-order valence-electron chi connectivity index (χ2n) is 2.77. The Morgan fingerprint density at radius 1 is 1.64 bits per heavy atom. The second kappa shape index (κ2) is 4.19. The van der Waals surface area contributed by atoms with Crippen LogP contribution in [-0.4, -0.2) is 22.0 Å².